The number of hydrogen-bond donors (Lipinski definition) is 0. The van der Waals surface area contributed by atoms with Gasteiger partial charge in [0.2, 0.25) is 10.0 Å². The third-order valence-electron chi connectivity index (χ3n) is 7.35. The fraction of sp³-hybridized carbons (Fsp3) is 0.321. The van der Waals surface area contributed by atoms with E-state index in [9.17, 15) is 13.2 Å². The molecule has 0 atom stereocenters. The number of nitrogens with zero attached hydrogens (tertiary/aromatic N) is 3. The van der Waals surface area contributed by atoms with Crippen LogP contribution in [-0.4, -0.2) is 56.5 Å². The number of aromatic nitrogens is 1. The summed E-state index contributed by atoms with van der Waals surface area (Å²) in [4.78, 5) is 15.0. The van der Waals surface area contributed by atoms with E-state index in [1.54, 1.807) is 30.1 Å². The van der Waals surface area contributed by atoms with E-state index in [2.05, 4.69) is 49.6 Å². The van der Waals surface area contributed by atoms with Crippen LogP contribution >= 0.6 is 0 Å². The van der Waals surface area contributed by atoms with Crippen LogP contribution < -0.4 is 4.90 Å². The average Bonchev–Trinajstić information content (AvgIpc) is 3.28. The molecule has 2 aromatic carbocycles. The number of anilines is 1. The Morgan fingerprint density at radius 3 is 2.39 bits per heavy atom. The van der Waals surface area contributed by atoms with Crippen LogP contribution in [0.2, 0.25) is 0 Å². The monoisotopic (exact) mass is 505 g/mol. The molecular formula is C28H31N3O4S. The van der Waals surface area contributed by atoms with Gasteiger partial charge in [-0.2, -0.15) is 4.31 Å². The highest BCUT2D eigenvalue weighted by molar-refractivity contribution is 7.89. The van der Waals surface area contributed by atoms with Gasteiger partial charge in [0.1, 0.15) is 0 Å². The molecule has 3 aromatic rings. The highest BCUT2D eigenvalue weighted by Crippen LogP contribution is 2.39. The van der Waals surface area contributed by atoms with Gasteiger partial charge in [0.05, 0.1) is 23.8 Å². The summed E-state index contributed by atoms with van der Waals surface area (Å²) >= 11 is 0. The highest BCUT2D eigenvalue weighted by Gasteiger charge is 2.33. The van der Waals surface area contributed by atoms with Gasteiger partial charge in [0, 0.05) is 48.3 Å². The molecule has 0 aliphatic carbocycles. The molecule has 1 fully saturated rings. The number of ether oxygens (including phenoxy) is 1. The number of rotatable bonds is 4. The number of hydrogen-bond acceptors (Lipinski definition) is 4. The predicted molar refractivity (Wildman–Crippen MR) is 142 cm³/mol. The Balaban J connectivity index is 1.60. The van der Waals surface area contributed by atoms with Gasteiger partial charge in [-0.3, -0.25) is 4.79 Å². The zero-order valence-electron chi connectivity index (χ0n) is 21.3. The molecule has 0 unspecified atom stereocenters. The Morgan fingerprint density at radius 2 is 1.67 bits per heavy atom. The van der Waals surface area contributed by atoms with Gasteiger partial charge in [-0.1, -0.05) is 12.1 Å². The number of likely N-dealkylation sites (N-methyl/N-ethyl adjacent to an activating group) is 1. The van der Waals surface area contributed by atoms with E-state index >= 15 is 0 Å². The van der Waals surface area contributed by atoms with Gasteiger partial charge in [-0.25, -0.2) is 8.42 Å². The average molecular weight is 506 g/mol. The lowest BCUT2D eigenvalue weighted by Crippen LogP contribution is -2.40. The minimum atomic E-state index is -3.68. The molecule has 1 amide bonds. The van der Waals surface area contributed by atoms with Crippen molar-refractivity contribution in [3.63, 3.8) is 0 Å². The van der Waals surface area contributed by atoms with Gasteiger partial charge >= 0.3 is 0 Å². The maximum absolute atomic E-state index is 13.3. The summed E-state index contributed by atoms with van der Waals surface area (Å²) in [5.41, 5.74) is 8.39. The molecule has 2 aliphatic rings. The Kier molecular flexibility index (Phi) is 6.14. The van der Waals surface area contributed by atoms with Gasteiger partial charge in [-0.05, 0) is 80.8 Å². The maximum atomic E-state index is 13.3. The van der Waals surface area contributed by atoms with Crippen LogP contribution in [0.3, 0.4) is 0 Å². The number of benzene rings is 2. The van der Waals surface area contributed by atoms with Crippen molar-refractivity contribution in [1.29, 1.82) is 0 Å². The van der Waals surface area contributed by atoms with Gasteiger partial charge < -0.3 is 14.2 Å². The van der Waals surface area contributed by atoms with Crippen LogP contribution in [0.25, 0.3) is 17.3 Å². The zero-order chi connectivity index (χ0) is 25.8. The summed E-state index contributed by atoms with van der Waals surface area (Å²) in [7, 11) is -1.96. The number of carbonyl (C=O) groups excluding carboxylic acids is 1. The standard InChI is InChI=1S/C28H31N3O4S/c1-18-7-6-8-26(20(18)3)31-19(2)15-22(21(31)4)16-25-24-17-23(9-10-27(24)29(5)28(25)32)36(33,34)30-11-13-35-14-12-30/h6-10,15-17H,11-14H2,1-5H3. The third-order valence-corrected chi connectivity index (χ3v) is 9.24. The van der Waals surface area contributed by atoms with E-state index in [0.717, 1.165) is 22.6 Å². The summed E-state index contributed by atoms with van der Waals surface area (Å²) in [5, 5.41) is 0. The summed E-state index contributed by atoms with van der Waals surface area (Å²) in [5.74, 6) is -0.151. The Morgan fingerprint density at radius 1 is 0.944 bits per heavy atom. The molecule has 7 nitrogen and oxygen atoms in total. The number of fused-ring (bicyclic) bond motifs is 1. The van der Waals surface area contributed by atoms with Gasteiger partial charge in [-0.15, -0.1) is 0 Å². The molecule has 0 radical (unpaired) electrons. The number of morpholine rings is 1. The first-order valence-corrected chi connectivity index (χ1v) is 13.5. The van der Waals surface area contributed by atoms with Crippen molar-refractivity contribution in [3.05, 3.63) is 76.1 Å². The molecule has 188 valence electrons. The summed E-state index contributed by atoms with van der Waals surface area (Å²) in [6.45, 7) is 9.73. The summed E-state index contributed by atoms with van der Waals surface area (Å²) in [6.07, 6.45) is 1.89. The molecule has 0 bridgehead atoms. The van der Waals surface area contributed by atoms with Crippen LogP contribution in [-0.2, 0) is 19.6 Å². The van der Waals surface area contributed by atoms with Crippen molar-refractivity contribution in [2.45, 2.75) is 32.6 Å². The molecule has 5 rings (SSSR count). The second-order valence-electron chi connectivity index (χ2n) is 9.50. The number of aryl methyl sites for hydroxylation is 2. The first kappa shape index (κ1) is 24.5. The lowest BCUT2D eigenvalue weighted by atomic mass is 10.0. The van der Waals surface area contributed by atoms with Crippen LogP contribution in [0.1, 0.15) is 33.6 Å². The number of sulfonamides is 1. The highest BCUT2D eigenvalue weighted by atomic mass is 32.2. The Hall–Kier alpha value is -3.20. The lowest BCUT2D eigenvalue weighted by Gasteiger charge is -2.26. The summed E-state index contributed by atoms with van der Waals surface area (Å²) < 4.78 is 35.5. The smallest absolute Gasteiger partial charge is 0.258 e. The quantitative estimate of drug-likeness (QED) is 0.497. The molecule has 0 saturated carbocycles. The SMILES string of the molecule is Cc1cccc(-n2c(C)cc(C=C3C(=O)N(C)c4ccc(S(=O)(=O)N5CCOCC5)cc43)c2C)c1C. The molecule has 3 heterocycles. The van der Waals surface area contributed by atoms with E-state index in [4.69, 9.17) is 4.74 Å². The second-order valence-corrected chi connectivity index (χ2v) is 11.4. The van der Waals surface area contributed by atoms with Crippen LogP contribution in [0.5, 0.6) is 0 Å². The number of amides is 1. The molecule has 0 spiro atoms. The van der Waals surface area contributed by atoms with E-state index in [-0.39, 0.29) is 10.8 Å². The molecule has 36 heavy (non-hydrogen) atoms. The Labute approximate surface area is 212 Å². The van der Waals surface area contributed by atoms with E-state index in [0.29, 0.717) is 43.1 Å². The van der Waals surface area contributed by atoms with Crippen molar-refractivity contribution >= 4 is 33.3 Å². The van der Waals surface area contributed by atoms with Crippen LogP contribution in [0.4, 0.5) is 5.69 Å². The van der Waals surface area contributed by atoms with E-state index in [1.807, 2.05) is 13.0 Å². The maximum Gasteiger partial charge on any atom is 0.258 e. The first-order valence-electron chi connectivity index (χ1n) is 12.1. The van der Waals surface area contributed by atoms with Crippen molar-refractivity contribution in [3.8, 4) is 5.69 Å². The Bertz CT molecular complexity index is 1510. The third kappa shape index (κ3) is 3.89. The topological polar surface area (TPSA) is 71.9 Å². The van der Waals surface area contributed by atoms with Gasteiger partial charge in [0.15, 0.2) is 0 Å². The molecule has 8 heteroatoms. The van der Waals surface area contributed by atoms with Crippen molar-refractivity contribution in [2.24, 2.45) is 0 Å². The first-order chi connectivity index (χ1) is 17.1. The van der Waals surface area contributed by atoms with Crippen molar-refractivity contribution in [2.75, 3.05) is 38.3 Å². The normalized spacial score (nSPS) is 17.8. The predicted octanol–water partition coefficient (Wildman–Crippen LogP) is 4.25. The minimum Gasteiger partial charge on any atom is -0.379 e. The van der Waals surface area contributed by atoms with E-state index in [1.165, 1.54) is 15.4 Å². The molecular weight excluding hydrogens is 474 g/mol. The molecule has 0 N–H and O–H groups in total. The largest absolute Gasteiger partial charge is 0.379 e. The minimum absolute atomic E-state index is 0.151. The van der Waals surface area contributed by atoms with Gasteiger partial charge in [0.25, 0.3) is 5.91 Å². The van der Waals surface area contributed by atoms with E-state index < -0.39 is 10.0 Å². The number of carbonyl (C=O) groups is 1. The zero-order valence-corrected chi connectivity index (χ0v) is 22.1. The molecule has 2 aliphatic heterocycles. The fourth-order valence-electron chi connectivity index (χ4n) is 5.10. The van der Waals surface area contributed by atoms with Crippen LogP contribution in [0.15, 0.2) is 47.4 Å². The van der Waals surface area contributed by atoms with Crippen molar-refractivity contribution in [1.82, 2.24) is 8.87 Å². The van der Waals surface area contributed by atoms with Crippen molar-refractivity contribution < 1.29 is 17.9 Å². The fourth-order valence-corrected chi connectivity index (χ4v) is 6.54. The molecule has 1 saturated heterocycles. The second kappa shape index (κ2) is 9.03. The summed E-state index contributed by atoms with van der Waals surface area (Å²) in [6, 6.07) is 13.3. The lowest BCUT2D eigenvalue weighted by molar-refractivity contribution is -0.112. The molecule has 1 aromatic heterocycles. The van der Waals surface area contributed by atoms with Crippen LogP contribution in [0, 0.1) is 27.7 Å².